The van der Waals surface area contributed by atoms with E-state index in [2.05, 4.69) is 15.9 Å². The molecule has 0 aromatic heterocycles. The highest BCUT2D eigenvalue weighted by Gasteiger charge is 2.24. The molecule has 1 N–H and O–H groups in total. The van der Waals surface area contributed by atoms with Gasteiger partial charge in [-0.2, -0.15) is 0 Å². The number of carbonyl (C=O) groups is 1. The molecule has 0 amide bonds. The van der Waals surface area contributed by atoms with E-state index in [0.717, 1.165) is 15.6 Å². The molecular formula is C12H15BrO2. The van der Waals surface area contributed by atoms with E-state index >= 15 is 0 Å². The minimum absolute atomic E-state index is 0.142. The summed E-state index contributed by atoms with van der Waals surface area (Å²) in [6, 6.07) is 6.03. The zero-order valence-electron chi connectivity index (χ0n) is 9.17. The van der Waals surface area contributed by atoms with Gasteiger partial charge in [-0.1, -0.05) is 35.8 Å². The first-order valence-corrected chi connectivity index (χ1v) is 5.60. The summed E-state index contributed by atoms with van der Waals surface area (Å²) in [5.74, 6) is -0.766. The van der Waals surface area contributed by atoms with E-state index in [-0.39, 0.29) is 11.8 Å². The number of rotatable bonds is 3. The molecule has 2 nitrogen and oxygen atoms in total. The Balaban J connectivity index is 3.08. The van der Waals surface area contributed by atoms with Crippen LogP contribution < -0.4 is 0 Å². The number of aryl methyl sites for hydroxylation is 1. The van der Waals surface area contributed by atoms with Crippen LogP contribution in [0.5, 0.6) is 0 Å². The summed E-state index contributed by atoms with van der Waals surface area (Å²) in [5, 5.41) is 8.84. The molecule has 0 fully saturated rings. The highest BCUT2D eigenvalue weighted by atomic mass is 79.9. The van der Waals surface area contributed by atoms with E-state index in [4.69, 9.17) is 5.11 Å². The van der Waals surface area contributed by atoms with Crippen LogP contribution in [0.1, 0.15) is 31.4 Å². The largest absolute Gasteiger partial charge is 0.481 e. The molecule has 0 unspecified atom stereocenters. The van der Waals surface area contributed by atoms with Crippen LogP contribution in [-0.4, -0.2) is 11.1 Å². The SMILES string of the molecule is Cc1cc(Br)cc(C(C)(C)CC(=O)O)c1. The summed E-state index contributed by atoms with van der Waals surface area (Å²) < 4.78 is 0.996. The minimum atomic E-state index is -0.766. The van der Waals surface area contributed by atoms with E-state index in [1.54, 1.807) is 0 Å². The van der Waals surface area contributed by atoms with Crippen LogP contribution in [0.25, 0.3) is 0 Å². The van der Waals surface area contributed by atoms with Gasteiger partial charge >= 0.3 is 5.97 Å². The normalized spacial score (nSPS) is 11.5. The van der Waals surface area contributed by atoms with Gasteiger partial charge in [0.15, 0.2) is 0 Å². The van der Waals surface area contributed by atoms with Crippen molar-refractivity contribution >= 4 is 21.9 Å². The van der Waals surface area contributed by atoms with Gasteiger partial charge in [-0.05, 0) is 30.2 Å². The summed E-state index contributed by atoms with van der Waals surface area (Å²) >= 11 is 3.42. The summed E-state index contributed by atoms with van der Waals surface area (Å²) in [6.45, 7) is 5.90. The van der Waals surface area contributed by atoms with Crippen molar-refractivity contribution < 1.29 is 9.90 Å². The van der Waals surface area contributed by atoms with Crippen LogP contribution in [0.4, 0.5) is 0 Å². The lowest BCUT2D eigenvalue weighted by Crippen LogP contribution is -2.21. The highest BCUT2D eigenvalue weighted by Crippen LogP contribution is 2.30. The molecule has 0 saturated heterocycles. The zero-order chi connectivity index (χ0) is 11.6. The first-order valence-electron chi connectivity index (χ1n) is 4.81. The molecule has 0 bridgehead atoms. The van der Waals surface area contributed by atoms with E-state index in [1.165, 1.54) is 0 Å². The van der Waals surface area contributed by atoms with Crippen molar-refractivity contribution in [2.24, 2.45) is 0 Å². The maximum Gasteiger partial charge on any atom is 0.304 e. The third-order valence-corrected chi connectivity index (χ3v) is 2.87. The van der Waals surface area contributed by atoms with Gasteiger partial charge in [0, 0.05) is 9.89 Å². The molecule has 1 rings (SSSR count). The Labute approximate surface area is 98.4 Å². The number of carboxylic acids is 1. The van der Waals surface area contributed by atoms with Gasteiger partial charge in [0.05, 0.1) is 6.42 Å². The predicted molar refractivity (Wildman–Crippen MR) is 64.2 cm³/mol. The lowest BCUT2D eigenvalue weighted by molar-refractivity contribution is -0.138. The second-order valence-corrected chi connectivity index (χ2v) is 5.39. The van der Waals surface area contributed by atoms with Crippen molar-refractivity contribution in [2.45, 2.75) is 32.6 Å². The Morgan fingerprint density at radius 2 is 2.00 bits per heavy atom. The Kier molecular flexibility index (Phi) is 3.55. The van der Waals surface area contributed by atoms with Crippen molar-refractivity contribution in [3.05, 3.63) is 33.8 Å². The topological polar surface area (TPSA) is 37.3 Å². The van der Waals surface area contributed by atoms with Crippen molar-refractivity contribution in [1.29, 1.82) is 0 Å². The van der Waals surface area contributed by atoms with Gasteiger partial charge in [0.2, 0.25) is 0 Å². The molecule has 82 valence electrons. The fourth-order valence-electron chi connectivity index (χ4n) is 1.61. The lowest BCUT2D eigenvalue weighted by atomic mass is 9.81. The summed E-state index contributed by atoms with van der Waals surface area (Å²) in [4.78, 5) is 10.7. The quantitative estimate of drug-likeness (QED) is 0.913. The van der Waals surface area contributed by atoms with Crippen molar-refractivity contribution in [1.82, 2.24) is 0 Å². The third kappa shape index (κ3) is 3.34. The van der Waals surface area contributed by atoms with Crippen LogP contribution in [0.3, 0.4) is 0 Å². The van der Waals surface area contributed by atoms with Gasteiger partial charge in [0.25, 0.3) is 0 Å². The average molecular weight is 271 g/mol. The van der Waals surface area contributed by atoms with E-state index in [1.807, 2.05) is 39.0 Å². The Morgan fingerprint density at radius 3 is 2.47 bits per heavy atom. The number of benzene rings is 1. The predicted octanol–water partition coefficient (Wildman–Crippen LogP) is 3.51. The van der Waals surface area contributed by atoms with Crippen LogP contribution >= 0.6 is 15.9 Å². The molecule has 3 heteroatoms. The number of carboxylic acid groups (broad SMARTS) is 1. The van der Waals surface area contributed by atoms with Crippen molar-refractivity contribution in [3.63, 3.8) is 0 Å². The number of hydrogen-bond acceptors (Lipinski definition) is 1. The summed E-state index contributed by atoms with van der Waals surface area (Å²) in [5.41, 5.74) is 1.86. The molecule has 1 aromatic carbocycles. The minimum Gasteiger partial charge on any atom is -0.481 e. The fraction of sp³-hybridized carbons (Fsp3) is 0.417. The molecule has 1 aromatic rings. The molecule has 0 radical (unpaired) electrons. The summed E-state index contributed by atoms with van der Waals surface area (Å²) in [7, 11) is 0. The highest BCUT2D eigenvalue weighted by molar-refractivity contribution is 9.10. The molecule has 0 saturated carbocycles. The van der Waals surface area contributed by atoms with Gasteiger partial charge in [-0.3, -0.25) is 4.79 Å². The molecule has 0 heterocycles. The van der Waals surface area contributed by atoms with Crippen molar-refractivity contribution in [3.8, 4) is 0 Å². The second kappa shape index (κ2) is 4.35. The van der Waals surface area contributed by atoms with Crippen LogP contribution in [0.15, 0.2) is 22.7 Å². The van der Waals surface area contributed by atoms with Gasteiger partial charge in [-0.25, -0.2) is 0 Å². The van der Waals surface area contributed by atoms with Crippen LogP contribution in [-0.2, 0) is 10.2 Å². The number of aliphatic carboxylic acids is 1. The van der Waals surface area contributed by atoms with Crippen molar-refractivity contribution in [2.75, 3.05) is 0 Å². The molecule has 0 aliphatic heterocycles. The third-order valence-electron chi connectivity index (χ3n) is 2.42. The first-order chi connectivity index (χ1) is 6.81. The van der Waals surface area contributed by atoms with Gasteiger partial charge < -0.3 is 5.11 Å². The monoisotopic (exact) mass is 270 g/mol. The van der Waals surface area contributed by atoms with E-state index < -0.39 is 5.97 Å². The molecule has 0 aliphatic rings. The number of hydrogen-bond donors (Lipinski definition) is 1. The molecule has 0 spiro atoms. The Hall–Kier alpha value is -0.830. The fourth-order valence-corrected chi connectivity index (χ4v) is 2.21. The van der Waals surface area contributed by atoms with E-state index in [0.29, 0.717) is 0 Å². The van der Waals surface area contributed by atoms with Gasteiger partial charge in [0.1, 0.15) is 0 Å². The van der Waals surface area contributed by atoms with Gasteiger partial charge in [-0.15, -0.1) is 0 Å². The molecule has 0 aliphatic carbocycles. The zero-order valence-corrected chi connectivity index (χ0v) is 10.8. The standard InChI is InChI=1S/C12H15BrO2/c1-8-4-9(6-10(13)5-8)12(2,3)7-11(14)15/h4-6H,7H2,1-3H3,(H,14,15). The van der Waals surface area contributed by atoms with E-state index in [9.17, 15) is 4.79 Å². The Morgan fingerprint density at radius 1 is 1.40 bits per heavy atom. The Bertz CT molecular complexity index is 363. The lowest BCUT2D eigenvalue weighted by Gasteiger charge is -2.23. The number of halogens is 1. The maximum atomic E-state index is 10.7. The average Bonchev–Trinajstić information content (AvgIpc) is 1.99. The van der Waals surface area contributed by atoms with Crippen LogP contribution in [0.2, 0.25) is 0 Å². The summed E-state index contributed by atoms with van der Waals surface area (Å²) in [6.07, 6.45) is 0.142. The maximum absolute atomic E-state index is 10.7. The van der Waals surface area contributed by atoms with Crippen LogP contribution in [0, 0.1) is 6.92 Å². The molecule has 0 atom stereocenters. The second-order valence-electron chi connectivity index (χ2n) is 4.47. The molecular weight excluding hydrogens is 256 g/mol. The first kappa shape index (κ1) is 12.2. The molecule has 15 heavy (non-hydrogen) atoms. The smallest absolute Gasteiger partial charge is 0.304 e.